The Hall–Kier alpha value is -1.98. The van der Waals surface area contributed by atoms with Gasteiger partial charge in [-0.3, -0.25) is 4.90 Å². The van der Waals surface area contributed by atoms with Crippen molar-refractivity contribution in [2.75, 3.05) is 26.2 Å². The van der Waals surface area contributed by atoms with Crippen LogP contribution in [0.3, 0.4) is 0 Å². The van der Waals surface area contributed by atoms with Gasteiger partial charge in [-0.1, -0.05) is 24.3 Å². The Morgan fingerprint density at radius 3 is 2.33 bits per heavy atom. The molecule has 0 spiro atoms. The van der Waals surface area contributed by atoms with Crippen LogP contribution < -0.4 is 0 Å². The van der Waals surface area contributed by atoms with E-state index < -0.39 is 5.97 Å². The highest BCUT2D eigenvalue weighted by Gasteiger charge is 2.20. The number of carbonyl (C=O) groups is 1. The molecule has 0 bridgehead atoms. The molecule has 0 amide bonds. The second-order valence-electron chi connectivity index (χ2n) is 5.49. The maximum Gasteiger partial charge on any atom is 0.352 e. The Kier molecular flexibility index (Phi) is 7.82. The molecule has 1 aromatic heterocycles. The van der Waals surface area contributed by atoms with Gasteiger partial charge in [0.2, 0.25) is 0 Å². The highest BCUT2D eigenvalue weighted by Crippen LogP contribution is 2.20. The lowest BCUT2D eigenvalue weighted by molar-refractivity contribution is 0.0686. The third kappa shape index (κ3) is 5.01. The summed E-state index contributed by atoms with van der Waals surface area (Å²) in [6.07, 6.45) is 3.87. The van der Waals surface area contributed by atoms with E-state index in [0.717, 1.165) is 44.0 Å². The second-order valence-corrected chi connectivity index (χ2v) is 5.95. The molecule has 5 nitrogen and oxygen atoms in total. The maximum absolute atomic E-state index is 11.1. The molecule has 24 heavy (non-hydrogen) atoms. The average molecular weight is 352 g/mol. The quantitative estimate of drug-likeness (QED) is 0.653. The summed E-state index contributed by atoms with van der Waals surface area (Å²) in [7, 11) is 1.76. The fraction of sp³-hybridized carbons (Fsp3) is 0.389. The number of allylic oxidation sites excluding steroid dienone is 2. The van der Waals surface area contributed by atoms with Gasteiger partial charge >= 0.3 is 5.97 Å². The molecule has 1 aliphatic rings. The van der Waals surface area contributed by atoms with Crippen molar-refractivity contribution in [1.29, 1.82) is 0 Å². The summed E-state index contributed by atoms with van der Waals surface area (Å²) in [5.74, 6) is -0.892. The lowest BCUT2D eigenvalue weighted by Gasteiger charge is -2.37. The van der Waals surface area contributed by atoms with Crippen LogP contribution in [0.5, 0.6) is 0 Å². The maximum atomic E-state index is 11.1. The molecule has 1 fully saturated rings. The van der Waals surface area contributed by atoms with Crippen LogP contribution in [0, 0.1) is 0 Å². The molecular weight excluding hydrogens is 326 g/mol. The molecule has 132 valence electrons. The van der Waals surface area contributed by atoms with Gasteiger partial charge in [-0.05, 0) is 18.6 Å². The number of rotatable bonds is 5. The SMILES string of the molecule is C=C.C=C(Cl)/C(=C\C)N1CCN(Cc2cc(C(=O)O)n(C)c2)CC1. The molecule has 1 saturated heterocycles. The zero-order valence-electron chi connectivity index (χ0n) is 14.5. The van der Waals surface area contributed by atoms with E-state index in [2.05, 4.69) is 29.5 Å². The summed E-state index contributed by atoms with van der Waals surface area (Å²) < 4.78 is 1.66. The zero-order chi connectivity index (χ0) is 18.3. The molecular formula is C18H26ClN3O2. The molecule has 1 N–H and O–H groups in total. The summed E-state index contributed by atoms with van der Waals surface area (Å²) in [5.41, 5.74) is 2.35. The third-order valence-electron chi connectivity index (χ3n) is 3.95. The number of aryl methyl sites for hydroxylation is 1. The van der Waals surface area contributed by atoms with Gasteiger partial charge < -0.3 is 14.6 Å². The van der Waals surface area contributed by atoms with E-state index in [1.807, 2.05) is 19.2 Å². The van der Waals surface area contributed by atoms with Gasteiger partial charge in [0.15, 0.2) is 0 Å². The van der Waals surface area contributed by atoms with Gasteiger partial charge in [-0.15, -0.1) is 13.2 Å². The highest BCUT2D eigenvalue weighted by atomic mass is 35.5. The number of hydrogen-bond donors (Lipinski definition) is 1. The van der Waals surface area contributed by atoms with Gasteiger partial charge in [0.1, 0.15) is 5.69 Å². The van der Waals surface area contributed by atoms with Crippen molar-refractivity contribution in [3.63, 3.8) is 0 Å². The van der Waals surface area contributed by atoms with Crippen molar-refractivity contribution < 1.29 is 9.90 Å². The van der Waals surface area contributed by atoms with Crippen LogP contribution >= 0.6 is 11.6 Å². The van der Waals surface area contributed by atoms with Crippen LogP contribution in [-0.2, 0) is 13.6 Å². The number of halogens is 1. The molecule has 2 heterocycles. The minimum absolute atomic E-state index is 0.322. The normalized spacial score (nSPS) is 15.6. The Labute approximate surface area is 149 Å². The molecule has 0 saturated carbocycles. The Morgan fingerprint density at radius 2 is 1.92 bits per heavy atom. The number of aromatic carboxylic acids is 1. The summed E-state index contributed by atoms with van der Waals surface area (Å²) in [4.78, 5) is 15.6. The first-order valence-corrected chi connectivity index (χ1v) is 8.17. The van der Waals surface area contributed by atoms with Crippen molar-refractivity contribution in [3.05, 3.63) is 60.1 Å². The molecule has 0 aromatic carbocycles. The summed E-state index contributed by atoms with van der Waals surface area (Å²) in [5, 5.41) is 9.67. The number of carboxylic acids is 1. The molecule has 0 radical (unpaired) electrons. The monoisotopic (exact) mass is 351 g/mol. The molecule has 1 aromatic rings. The van der Waals surface area contributed by atoms with E-state index in [4.69, 9.17) is 16.7 Å². The van der Waals surface area contributed by atoms with Gasteiger partial charge in [0.25, 0.3) is 0 Å². The van der Waals surface area contributed by atoms with Crippen LogP contribution in [0.2, 0.25) is 0 Å². The van der Waals surface area contributed by atoms with Crippen molar-refractivity contribution in [2.45, 2.75) is 13.5 Å². The topological polar surface area (TPSA) is 48.7 Å². The van der Waals surface area contributed by atoms with E-state index in [-0.39, 0.29) is 0 Å². The Morgan fingerprint density at radius 1 is 1.33 bits per heavy atom. The Balaban J connectivity index is 0.00000139. The molecule has 0 atom stereocenters. The smallest absolute Gasteiger partial charge is 0.352 e. The average Bonchev–Trinajstić information content (AvgIpc) is 2.92. The van der Waals surface area contributed by atoms with Crippen LogP contribution in [-0.4, -0.2) is 51.6 Å². The van der Waals surface area contributed by atoms with Gasteiger partial charge in [-0.2, -0.15) is 0 Å². The van der Waals surface area contributed by atoms with Gasteiger partial charge in [0.05, 0.1) is 10.7 Å². The largest absolute Gasteiger partial charge is 0.477 e. The third-order valence-corrected chi connectivity index (χ3v) is 4.14. The van der Waals surface area contributed by atoms with E-state index >= 15 is 0 Å². The van der Waals surface area contributed by atoms with Gasteiger partial charge in [0, 0.05) is 46.0 Å². The molecule has 2 rings (SSSR count). The van der Waals surface area contributed by atoms with Crippen molar-refractivity contribution in [1.82, 2.24) is 14.4 Å². The number of aromatic nitrogens is 1. The first kappa shape index (κ1) is 20.1. The van der Waals surface area contributed by atoms with Crippen LogP contribution in [0.1, 0.15) is 23.0 Å². The molecule has 1 aliphatic heterocycles. The highest BCUT2D eigenvalue weighted by molar-refractivity contribution is 6.31. The molecule has 0 aliphatic carbocycles. The Bertz CT molecular complexity index is 614. The standard InChI is InChI=1S/C16H22ClN3O2.C2H4/c1-4-14(12(2)17)20-7-5-19(6-8-20)11-13-9-15(16(21)22)18(3)10-13;1-2/h4,9-10H,2,5-8,11H2,1,3H3,(H,21,22);1-2H2/b14-4+;. The number of hydrogen-bond acceptors (Lipinski definition) is 3. The fourth-order valence-corrected chi connectivity index (χ4v) is 3.08. The predicted molar refractivity (Wildman–Crippen MR) is 99.2 cm³/mol. The second kappa shape index (κ2) is 9.35. The summed E-state index contributed by atoms with van der Waals surface area (Å²) in [6, 6.07) is 1.74. The van der Waals surface area contributed by atoms with E-state index in [0.29, 0.717) is 10.7 Å². The van der Waals surface area contributed by atoms with Crippen LogP contribution in [0.15, 0.2) is 48.8 Å². The summed E-state index contributed by atoms with van der Waals surface area (Å²) >= 11 is 6.02. The van der Waals surface area contributed by atoms with Crippen LogP contribution in [0.25, 0.3) is 0 Å². The van der Waals surface area contributed by atoms with E-state index in [1.54, 1.807) is 17.7 Å². The molecule has 6 heteroatoms. The summed E-state index contributed by atoms with van der Waals surface area (Å²) in [6.45, 7) is 16.1. The fourth-order valence-electron chi connectivity index (χ4n) is 2.85. The first-order valence-electron chi connectivity index (χ1n) is 7.79. The minimum Gasteiger partial charge on any atom is -0.477 e. The van der Waals surface area contributed by atoms with Crippen LogP contribution in [0.4, 0.5) is 0 Å². The van der Waals surface area contributed by atoms with Crippen molar-refractivity contribution in [2.24, 2.45) is 7.05 Å². The van der Waals surface area contributed by atoms with Gasteiger partial charge in [-0.25, -0.2) is 4.79 Å². The molecule has 0 unspecified atom stereocenters. The lowest BCUT2D eigenvalue weighted by atomic mass is 10.2. The zero-order valence-corrected chi connectivity index (χ0v) is 15.2. The number of carboxylic acid groups (broad SMARTS) is 1. The lowest BCUT2D eigenvalue weighted by Crippen LogP contribution is -2.45. The van der Waals surface area contributed by atoms with Crippen molar-refractivity contribution >= 4 is 17.6 Å². The number of nitrogens with zero attached hydrogens (tertiary/aromatic N) is 3. The predicted octanol–water partition coefficient (Wildman–Crippen LogP) is 3.30. The van der Waals surface area contributed by atoms with E-state index in [9.17, 15) is 4.79 Å². The van der Waals surface area contributed by atoms with E-state index in [1.165, 1.54) is 0 Å². The number of piperazine rings is 1. The first-order chi connectivity index (χ1) is 11.4. The van der Waals surface area contributed by atoms with Crippen molar-refractivity contribution in [3.8, 4) is 0 Å². The minimum atomic E-state index is -0.892.